The summed E-state index contributed by atoms with van der Waals surface area (Å²) in [5.41, 5.74) is 2.75. The van der Waals surface area contributed by atoms with Crippen molar-refractivity contribution in [1.29, 1.82) is 0 Å². The average Bonchev–Trinajstić information content (AvgIpc) is 2.73. The first-order chi connectivity index (χ1) is 13.6. The number of nitrogens with one attached hydrogen (secondary N) is 1. The van der Waals surface area contributed by atoms with Crippen molar-refractivity contribution >= 4 is 29.2 Å². The fraction of sp³-hybridized carbons (Fsp3) is 0.391. The Morgan fingerprint density at radius 1 is 1.04 bits per heavy atom. The fourth-order valence-corrected chi connectivity index (χ4v) is 3.85. The van der Waals surface area contributed by atoms with E-state index in [4.69, 9.17) is 16.3 Å². The Morgan fingerprint density at radius 3 is 2.39 bits per heavy atom. The van der Waals surface area contributed by atoms with Gasteiger partial charge < -0.3 is 10.1 Å². The Hall–Kier alpha value is -2.33. The second-order valence-electron chi connectivity index (χ2n) is 7.24. The zero-order chi connectivity index (χ0) is 19.9. The molecule has 4 nitrogen and oxygen atoms in total. The van der Waals surface area contributed by atoms with Crippen LogP contribution in [0.15, 0.2) is 48.5 Å². The number of esters is 1. The summed E-state index contributed by atoms with van der Waals surface area (Å²) in [6.45, 7) is 2.22. The minimum Gasteiger partial charge on any atom is -0.461 e. The van der Waals surface area contributed by atoms with Crippen LogP contribution in [-0.2, 0) is 27.4 Å². The van der Waals surface area contributed by atoms with Gasteiger partial charge in [0.15, 0.2) is 0 Å². The lowest BCUT2D eigenvalue weighted by Crippen LogP contribution is -2.37. The molecule has 0 aromatic heterocycles. The fourth-order valence-electron chi connectivity index (χ4n) is 3.66. The summed E-state index contributed by atoms with van der Waals surface area (Å²) in [5.74, 6) is -1.20. The summed E-state index contributed by atoms with van der Waals surface area (Å²) in [6.07, 6.45) is 4.21. The molecular weight excluding hydrogens is 374 g/mol. The summed E-state index contributed by atoms with van der Waals surface area (Å²) in [4.78, 5) is 25.5. The molecule has 148 valence electrons. The largest absolute Gasteiger partial charge is 0.461 e. The Bertz CT molecular complexity index is 819. The van der Waals surface area contributed by atoms with Crippen molar-refractivity contribution in [3.8, 4) is 0 Å². The van der Waals surface area contributed by atoms with E-state index in [-0.39, 0.29) is 24.4 Å². The van der Waals surface area contributed by atoms with Gasteiger partial charge in [-0.2, -0.15) is 0 Å². The number of ether oxygens (including phenoxy) is 1. The maximum atomic E-state index is 12.8. The van der Waals surface area contributed by atoms with E-state index in [1.54, 1.807) is 6.07 Å². The first-order valence-corrected chi connectivity index (χ1v) is 10.3. The Morgan fingerprint density at radius 2 is 1.71 bits per heavy atom. The molecule has 2 atom stereocenters. The maximum Gasteiger partial charge on any atom is 0.310 e. The summed E-state index contributed by atoms with van der Waals surface area (Å²) in [5, 5.41) is 3.54. The lowest BCUT2D eigenvalue weighted by Gasteiger charge is -2.29. The highest BCUT2D eigenvalue weighted by Gasteiger charge is 2.36. The third kappa shape index (κ3) is 5.14. The first kappa shape index (κ1) is 20.4. The molecule has 1 aliphatic rings. The molecule has 1 N–H and O–H groups in total. The number of benzene rings is 2. The van der Waals surface area contributed by atoms with E-state index >= 15 is 0 Å². The van der Waals surface area contributed by atoms with Gasteiger partial charge in [0.2, 0.25) is 5.91 Å². The van der Waals surface area contributed by atoms with E-state index in [0.29, 0.717) is 17.9 Å². The van der Waals surface area contributed by atoms with E-state index in [0.717, 1.165) is 30.5 Å². The van der Waals surface area contributed by atoms with Crippen LogP contribution in [0.4, 0.5) is 5.69 Å². The lowest BCUT2D eigenvalue weighted by molar-refractivity contribution is -0.155. The molecule has 1 fully saturated rings. The molecule has 1 saturated carbocycles. The number of aryl methyl sites for hydroxylation is 1. The molecule has 0 unspecified atom stereocenters. The number of hydrogen-bond acceptors (Lipinski definition) is 3. The zero-order valence-electron chi connectivity index (χ0n) is 16.1. The van der Waals surface area contributed by atoms with Crippen molar-refractivity contribution in [2.24, 2.45) is 11.8 Å². The van der Waals surface area contributed by atoms with Gasteiger partial charge in [-0.25, -0.2) is 0 Å². The number of carbonyl (C=O) groups is 2. The molecule has 0 spiro atoms. The number of rotatable bonds is 6. The van der Waals surface area contributed by atoms with Crippen LogP contribution in [-0.4, -0.2) is 11.9 Å². The van der Waals surface area contributed by atoms with Gasteiger partial charge in [0.1, 0.15) is 6.61 Å². The van der Waals surface area contributed by atoms with Crippen LogP contribution in [0.5, 0.6) is 0 Å². The van der Waals surface area contributed by atoms with Crippen LogP contribution < -0.4 is 5.32 Å². The SMILES string of the molecule is CCc1ccc(NC(=O)[C@@H]2CCCC[C@H]2C(=O)OCc2ccccc2Cl)cc1. The van der Waals surface area contributed by atoms with E-state index in [2.05, 4.69) is 12.2 Å². The highest BCUT2D eigenvalue weighted by atomic mass is 35.5. The van der Waals surface area contributed by atoms with Gasteiger partial charge in [0, 0.05) is 16.3 Å². The third-order valence-electron chi connectivity index (χ3n) is 5.36. The summed E-state index contributed by atoms with van der Waals surface area (Å²) in [7, 11) is 0. The predicted molar refractivity (Wildman–Crippen MR) is 111 cm³/mol. The number of carbonyl (C=O) groups excluding carboxylic acids is 2. The number of anilines is 1. The normalized spacial score (nSPS) is 19.1. The van der Waals surface area contributed by atoms with Crippen LogP contribution in [0.1, 0.15) is 43.7 Å². The van der Waals surface area contributed by atoms with Crippen molar-refractivity contribution in [2.75, 3.05) is 5.32 Å². The van der Waals surface area contributed by atoms with Gasteiger partial charge in [0.05, 0.1) is 11.8 Å². The number of amides is 1. The molecule has 0 aliphatic heterocycles. The monoisotopic (exact) mass is 399 g/mol. The number of halogens is 1. The van der Waals surface area contributed by atoms with Crippen LogP contribution in [0.3, 0.4) is 0 Å². The molecule has 0 heterocycles. The van der Waals surface area contributed by atoms with Gasteiger partial charge in [0.25, 0.3) is 0 Å². The van der Waals surface area contributed by atoms with E-state index in [1.807, 2.05) is 42.5 Å². The van der Waals surface area contributed by atoms with Crippen molar-refractivity contribution in [3.63, 3.8) is 0 Å². The Labute approximate surface area is 171 Å². The maximum absolute atomic E-state index is 12.8. The predicted octanol–water partition coefficient (Wildman–Crippen LogP) is 5.39. The molecule has 1 aliphatic carbocycles. The second kappa shape index (κ2) is 9.74. The minimum atomic E-state index is -0.411. The van der Waals surface area contributed by atoms with Gasteiger partial charge in [-0.3, -0.25) is 9.59 Å². The van der Waals surface area contributed by atoms with Gasteiger partial charge >= 0.3 is 5.97 Å². The highest BCUT2D eigenvalue weighted by Crippen LogP contribution is 2.32. The zero-order valence-corrected chi connectivity index (χ0v) is 16.9. The molecule has 3 rings (SSSR count). The standard InChI is InChI=1S/C23H26ClNO3/c1-2-16-11-13-18(14-12-16)25-22(26)19-8-4-5-9-20(19)23(27)28-15-17-7-3-6-10-21(17)24/h3,6-7,10-14,19-20H,2,4-5,8-9,15H2,1H3,(H,25,26)/t19-,20-/m1/s1. The summed E-state index contributed by atoms with van der Waals surface area (Å²) >= 11 is 6.13. The third-order valence-corrected chi connectivity index (χ3v) is 5.73. The number of hydrogen-bond donors (Lipinski definition) is 1. The molecule has 0 radical (unpaired) electrons. The van der Waals surface area contributed by atoms with Crippen molar-refractivity contribution < 1.29 is 14.3 Å². The molecule has 5 heteroatoms. The van der Waals surface area contributed by atoms with Crippen LogP contribution in [0.25, 0.3) is 0 Å². The van der Waals surface area contributed by atoms with E-state index in [1.165, 1.54) is 5.56 Å². The summed E-state index contributed by atoms with van der Waals surface area (Å²) in [6, 6.07) is 15.1. The average molecular weight is 400 g/mol. The molecule has 2 aromatic rings. The van der Waals surface area contributed by atoms with Crippen molar-refractivity contribution in [3.05, 3.63) is 64.7 Å². The molecule has 1 amide bonds. The van der Waals surface area contributed by atoms with E-state index in [9.17, 15) is 9.59 Å². The second-order valence-corrected chi connectivity index (χ2v) is 7.64. The highest BCUT2D eigenvalue weighted by molar-refractivity contribution is 6.31. The molecular formula is C23H26ClNO3. The Kier molecular flexibility index (Phi) is 7.10. The van der Waals surface area contributed by atoms with Crippen LogP contribution >= 0.6 is 11.6 Å². The van der Waals surface area contributed by atoms with E-state index < -0.39 is 5.92 Å². The van der Waals surface area contributed by atoms with Crippen LogP contribution in [0, 0.1) is 11.8 Å². The molecule has 2 aromatic carbocycles. The van der Waals surface area contributed by atoms with Crippen LogP contribution in [0.2, 0.25) is 5.02 Å². The summed E-state index contributed by atoms with van der Waals surface area (Å²) < 4.78 is 5.51. The molecule has 0 saturated heterocycles. The van der Waals surface area contributed by atoms with Crippen molar-refractivity contribution in [1.82, 2.24) is 0 Å². The first-order valence-electron chi connectivity index (χ1n) is 9.88. The molecule has 28 heavy (non-hydrogen) atoms. The van der Waals surface area contributed by atoms with Gasteiger partial charge in [-0.1, -0.05) is 61.7 Å². The van der Waals surface area contributed by atoms with Gasteiger partial charge in [-0.15, -0.1) is 0 Å². The van der Waals surface area contributed by atoms with Gasteiger partial charge in [-0.05, 0) is 43.0 Å². The van der Waals surface area contributed by atoms with Crippen molar-refractivity contribution in [2.45, 2.75) is 45.6 Å². The minimum absolute atomic E-state index is 0.108. The lowest BCUT2D eigenvalue weighted by atomic mass is 9.78. The Balaban J connectivity index is 1.62. The topological polar surface area (TPSA) is 55.4 Å². The molecule has 0 bridgehead atoms. The quantitative estimate of drug-likeness (QED) is 0.662. The smallest absolute Gasteiger partial charge is 0.310 e.